The van der Waals surface area contributed by atoms with Crippen LogP contribution in [0.4, 0.5) is 0 Å². The normalized spacial score (nSPS) is 12.9. The molecule has 2 aromatic rings. The highest BCUT2D eigenvalue weighted by Crippen LogP contribution is 2.42. The van der Waals surface area contributed by atoms with Gasteiger partial charge in [-0.15, -0.1) is 0 Å². The minimum atomic E-state index is -0.142. The van der Waals surface area contributed by atoms with Crippen molar-refractivity contribution in [3.8, 4) is 17.0 Å². The molecule has 1 aromatic heterocycles. The predicted octanol–water partition coefficient (Wildman–Crippen LogP) is 6.22. The summed E-state index contributed by atoms with van der Waals surface area (Å²) < 4.78 is 0. The largest absolute Gasteiger partial charge is 0.507 e. The number of phenols is 1. The van der Waals surface area contributed by atoms with E-state index in [9.17, 15) is 5.11 Å². The van der Waals surface area contributed by atoms with E-state index in [1.807, 2.05) is 6.26 Å². The highest BCUT2D eigenvalue weighted by Gasteiger charge is 2.28. The van der Waals surface area contributed by atoms with Crippen LogP contribution in [0.1, 0.15) is 78.1 Å². The number of phenolic OH excluding ortho intramolecular Hbond substituents is 1. The number of rotatable bonds is 3. The third-order valence-electron chi connectivity index (χ3n) is 4.48. The maximum absolute atomic E-state index is 10.9. The molecule has 0 aliphatic carbocycles. The summed E-state index contributed by atoms with van der Waals surface area (Å²) in [6.45, 7) is 17.2. The molecule has 0 saturated carbocycles. The first-order chi connectivity index (χ1) is 11.4. The predicted molar refractivity (Wildman–Crippen MR) is 109 cm³/mol. The van der Waals surface area contributed by atoms with Crippen LogP contribution < -0.4 is 0 Å². The first-order valence-electron chi connectivity index (χ1n) is 8.88. The quantitative estimate of drug-likeness (QED) is 0.639. The fraction of sp³-hybridized carbons (Fsp3) is 0.571. The molecule has 25 heavy (non-hydrogen) atoms. The van der Waals surface area contributed by atoms with E-state index in [-0.39, 0.29) is 10.8 Å². The van der Waals surface area contributed by atoms with Crippen molar-refractivity contribution in [1.29, 1.82) is 0 Å². The van der Waals surface area contributed by atoms with Crippen LogP contribution in [0.25, 0.3) is 11.3 Å². The molecule has 138 valence electrons. The molecule has 1 aromatic carbocycles. The van der Waals surface area contributed by atoms with Crippen LogP contribution in [0.2, 0.25) is 0 Å². The summed E-state index contributed by atoms with van der Waals surface area (Å²) >= 11 is 1.62. The molecule has 2 rings (SSSR count). The minimum Gasteiger partial charge on any atom is -0.507 e. The monoisotopic (exact) mass is 360 g/mol. The van der Waals surface area contributed by atoms with Gasteiger partial charge in [-0.3, -0.25) is 0 Å². The van der Waals surface area contributed by atoms with Crippen LogP contribution >= 0.6 is 11.8 Å². The van der Waals surface area contributed by atoms with Crippen LogP contribution in [0, 0.1) is 0 Å². The first kappa shape index (κ1) is 19.9. The smallest absolute Gasteiger partial charge is 0.165 e. The zero-order chi connectivity index (χ0) is 19.2. The number of aromatic nitrogens is 2. The Bertz CT molecular complexity index is 726. The summed E-state index contributed by atoms with van der Waals surface area (Å²) in [6, 6.07) is 4.22. The van der Waals surface area contributed by atoms with E-state index in [0.717, 1.165) is 33.2 Å². The van der Waals surface area contributed by atoms with Gasteiger partial charge in [-0.05, 0) is 35.1 Å². The topological polar surface area (TPSA) is 48.9 Å². The Morgan fingerprint density at radius 3 is 1.84 bits per heavy atom. The van der Waals surface area contributed by atoms with Gasteiger partial charge in [0.05, 0.1) is 5.69 Å². The van der Waals surface area contributed by atoms with Gasteiger partial charge >= 0.3 is 0 Å². The number of hydrogen-bond acceptors (Lipinski definition) is 3. The van der Waals surface area contributed by atoms with Crippen molar-refractivity contribution in [3.63, 3.8) is 0 Å². The number of H-pyrrole nitrogens is 1. The molecular weight excluding hydrogens is 328 g/mol. The fourth-order valence-electron chi connectivity index (χ4n) is 3.01. The molecule has 1 heterocycles. The van der Waals surface area contributed by atoms with Gasteiger partial charge in [-0.25, -0.2) is 4.98 Å². The second kappa shape index (κ2) is 6.71. The van der Waals surface area contributed by atoms with Crippen molar-refractivity contribution >= 4 is 11.8 Å². The van der Waals surface area contributed by atoms with E-state index >= 15 is 0 Å². The lowest BCUT2D eigenvalue weighted by Gasteiger charge is -2.28. The number of nitrogens with zero attached hydrogens (tertiary/aromatic N) is 1. The van der Waals surface area contributed by atoms with Crippen LogP contribution in [0.3, 0.4) is 0 Å². The van der Waals surface area contributed by atoms with Gasteiger partial charge in [0, 0.05) is 22.4 Å². The molecule has 0 fully saturated rings. The lowest BCUT2D eigenvalue weighted by atomic mass is 9.78. The van der Waals surface area contributed by atoms with E-state index in [4.69, 9.17) is 4.98 Å². The molecular formula is C21H32N2OS. The Labute approximate surface area is 156 Å². The number of thioether (sulfide) groups is 1. The Morgan fingerprint density at radius 1 is 1.00 bits per heavy atom. The summed E-state index contributed by atoms with van der Waals surface area (Å²) in [4.78, 5) is 8.27. The Morgan fingerprint density at radius 2 is 1.48 bits per heavy atom. The van der Waals surface area contributed by atoms with Gasteiger partial charge in [0.1, 0.15) is 5.75 Å². The Hall–Kier alpha value is -1.42. The zero-order valence-electron chi connectivity index (χ0n) is 17.0. The van der Waals surface area contributed by atoms with Crippen molar-refractivity contribution in [2.45, 2.75) is 77.3 Å². The Balaban J connectivity index is 2.81. The van der Waals surface area contributed by atoms with E-state index in [0.29, 0.717) is 11.7 Å². The van der Waals surface area contributed by atoms with E-state index in [1.165, 1.54) is 0 Å². The third kappa shape index (κ3) is 4.05. The summed E-state index contributed by atoms with van der Waals surface area (Å²) in [7, 11) is 0. The zero-order valence-corrected chi connectivity index (χ0v) is 17.9. The number of aromatic amines is 1. The number of hydrogen-bond donors (Lipinski definition) is 2. The van der Waals surface area contributed by atoms with Gasteiger partial charge in [0.2, 0.25) is 0 Å². The second-order valence-electron chi connectivity index (χ2n) is 9.08. The number of aromatic hydroxyl groups is 1. The molecule has 0 bridgehead atoms. The molecule has 0 aliphatic heterocycles. The lowest BCUT2D eigenvalue weighted by molar-refractivity contribution is 0.423. The lowest BCUT2D eigenvalue weighted by Crippen LogP contribution is -2.17. The molecule has 0 amide bonds. The van der Waals surface area contributed by atoms with E-state index in [2.05, 4.69) is 72.5 Å². The molecule has 0 unspecified atom stereocenters. The van der Waals surface area contributed by atoms with E-state index in [1.54, 1.807) is 11.8 Å². The average Bonchev–Trinajstić information content (AvgIpc) is 2.89. The van der Waals surface area contributed by atoms with Gasteiger partial charge in [0.25, 0.3) is 0 Å². The van der Waals surface area contributed by atoms with Crippen molar-refractivity contribution in [2.24, 2.45) is 0 Å². The standard InChI is InChI=1S/C21H32N2OS/c1-12(2)16-17(23-19(22-16)25-9)13-10-14(20(3,4)5)18(24)15(11-13)21(6,7)8/h10-12,24H,1-9H3,(H,22,23). The van der Waals surface area contributed by atoms with Crippen molar-refractivity contribution < 1.29 is 5.11 Å². The van der Waals surface area contributed by atoms with Crippen LogP contribution in [0.15, 0.2) is 17.3 Å². The van der Waals surface area contributed by atoms with Crippen molar-refractivity contribution in [1.82, 2.24) is 9.97 Å². The summed E-state index contributed by atoms with van der Waals surface area (Å²) in [5.74, 6) is 0.767. The van der Waals surface area contributed by atoms with Crippen LogP contribution in [-0.2, 0) is 10.8 Å². The minimum absolute atomic E-state index is 0.142. The van der Waals surface area contributed by atoms with Crippen LogP contribution in [-0.4, -0.2) is 21.3 Å². The van der Waals surface area contributed by atoms with Gasteiger partial charge in [0.15, 0.2) is 5.16 Å². The average molecular weight is 361 g/mol. The highest BCUT2D eigenvalue weighted by molar-refractivity contribution is 7.98. The molecule has 3 nitrogen and oxygen atoms in total. The first-order valence-corrected chi connectivity index (χ1v) is 10.1. The summed E-state index contributed by atoms with van der Waals surface area (Å²) in [5.41, 5.74) is 4.88. The Kier molecular flexibility index (Phi) is 5.34. The third-order valence-corrected chi connectivity index (χ3v) is 5.06. The van der Waals surface area contributed by atoms with Gasteiger partial charge in [-0.2, -0.15) is 0 Å². The fourth-order valence-corrected chi connectivity index (χ4v) is 3.41. The molecule has 0 radical (unpaired) electrons. The second-order valence-corrected chi connectivity index (χ2v) is 9.88. The molecule has 0 spiro atoms. The maximum atomic E-state index is 10.9. The number of benzene rings is 1. The maximum Gasteiger partial charge on any atom is 0.165 e. The summed E-state index contributed by atoms with van der Waals surface area (Å²) in [6.07, 6.45) is 2.03. The molecule has 0 saturated heterocycles. The highest BCUT2D eigenvalue weighted by atomic mass is 32.2. The molecule has 0 aliphatic rings. The van der Waals surface area contributed by atoms with Gasteiger partial charge in [-0.1, -0.05) is 67.2 Å². The van der Waals surface area contributed by atoms with Gasteiger partial charge < -0.3 is 10.1 Å². The van der Waals surface area contributed by atoms with Crippen LogP contribution in [0.5, 0.6) is 5.75 Å². The van der Waals surface area contributed by atoms with Crippen molar-refractivity contribution in [3.05, 3.63) is 29.0 Å². The summed E-state index contributed by atoms with van der Waals surface area (Å²) in [5, 5.41) is 11.9. The van der Waals surface area contributed by atoms with E-state index < -0.39 is 0 Å². The number of imidazole rings is 1. The molecule has 4 heteroatoms. The van der Waals surface area contributed by atoms with Crippen molar-refractivity contribution in [2.75, 3.05) is 6.26 Å². The number of nitrogens with one attached hydrogen (secondary N) is 1. The molecule has 0 atom stereocenters. The SMILES string of the molecule is CSc1nc(-c2cc(C(C)(C)C)c(O)c(C(C)(C)C)c2)c(C(C)C)[nH]1. The molecule has 2 N–H and O–H groups in total.